The number of carbonyl (C=O) groups excluding carboxylic acids is 1. The predicted octanol–water partition coefficient (Wildman–Crippen LogP) is 4.30. The first kappa shape index (κ1) is 26.1. The lowest BCUT2D eigenvalue weighted by atomic mass is 10.0. The van der Waals surface area contributed by atoms with Crippen LogP contribution in [0.2, 0.25) is 0 Å². The molecule has 0 spiro atoms. The van der Waals surface area contributed by atoms with E-state index >= 15 is 0 Å². The number of rotatable bonds is 6. The largest absolute Gasteiger partial charge is 0.453 e. The van der Waals surface area contributed by atoms with Crippen LogP contribution in [0.15, 0.2) is 30.5 Å². The number of alkyl halides is 3. The number of halogens is 3. The van der Waals surface area contributed by atoms with Crippen molar-refractivity contribution in [3.8, 4) is 5.82 Å². The van der Waals surface area contributed by atoms with Gasteiger partial charge in [-0.1, -0.05) is 6.07 Å². The van der Waals surface area contributed by atoms with E-state index in [1.54, 1.807) is 13.8 Å². The third-order valence-corrected chi connectivity index (χ3v) is 7.01. The van der Waals surface area contributed by atoms with Gasteiger partial charge < -0.3 is 15.5 Å². The maximum absolute atomic E-state index is 13.6. The van der Waals surface area contributed by atoms with E-state index in [0.29, 0.717) is 11.7 Å². The summed E-state index contributed by atoms with van der Waals surface area (Å²) in [6, 6.07) is 7.63. The van der Waals surface area contributed by atoms with Crippen LogP contribution in [0.1, 0.15) is 66.8 Å². The van der Waals surface area contributed by atoms with Gasteiger partial charge in [0.1, 0.15) is 0 Å². The highest BCUT2D eigenvalue weighted by Crippen LogP contribution is 2.31. The third kappa shape index (κ3) is 5.79. The number of nitrogens with zero attached hydrogens (tertiary/aromatic N) is 6. The first-order chi connectivity index (χ1) is 18.2. The van der Waals surface area contributed by atoms with Crippen molar-refractivity contribution < 1.29 is 18.0 Å². The fraction of sp³-hybridized carbons (Fsp3) is 0.500. The van der Waals surface area contributed by atoms with Gasteiger partial charge in [0.15, 0.2) is 5.82 Å². The Kier molecular flexibility index (Phi) is 7.33. The molecule has 1 aliphatic heterocycles. The summed E-state index contributed by atoms with van der Waals surface area (Å²) in [7, 11) is 0. The minimum Gasteiger partial charge on any atom is -0.350 e. The molecule has 3 heterocycles. The van der Waals surface area contributed by atoms with Gasteiger partial charge in [0, 0.05) is 17.8 Å². The molecule has 0 radical (unpaired) electrons. The van der Waals surface area contributed by atoms with E-state index in [2.05, 4.69) is 35.8 Å². The van der Waals surface area contributed by atoms with Crippen molar-refractivity contribution in [1.82, 2.24) is 35.2 Å². The molecule has 2 aromatic heterocycles. The predicted molar refractivity (Wildman–Crippen MR) is 136 cm³/mol. The van der Waals surface area contributed by atoms with Gasteiger partial charge in [-0.25, -0.2) is 0 Å². The quantitative estimate of drug-likeness (QED) is 0.460. The first-order valence-electron chi connectivity index (χ1n) is 13.0. The molecule has 1 amide bonds. The van der Waals surface area contributed by atoms with Crippen molar-refractivity contribution in [3.05, 3.63) is 53.0 Å². The summed E-state index contributed by atoms with van der Waals surface area (Å²) >= 11 is 0. The Morgan fingerprint density at radius 3 is 2.53 bits per heavy atom. The maximum atomic E-state index is 13.6. The van der Waals surface area contributed by atoms with E-state index in [4.69, 9.17) is 0 Å². The van der Waals surface area contributed by atoms with Gasteiger partial charge in [-0.15, -0.1) is 10.2 Å². The van der Waals surface area contributed by atoms with Gasteiger partial charge in [0.05, 0.1) is 11.8 Å². The molecule has 1 aliphatic carbocycles. The van der Waals surface area contributed by atoms with E-state index in [9.17, 15) is 18.0 Å². The maximum Gasteiger partial charge on any atom is 0.453 e. The molecule has 0 saturated carbocycles. The molecule has 0 bridgehead atoms. The second-order valence-electron chi connectivity index (χ2n) is 10.2. The monoisotopic (exact) mass is 528 g/mol. The highest BCUT2D eigenvalue weighted by Gasteiger charge is 2.38. The number of benzene rings is 1. The molecular weight excluding hydrogens is 497 g/mol. The zero-order valence-electron chi connectivity index (χ0n) is 21.4. The van der Waals surface area contributed by atoms with Crippen LogP contribution in [-0.4, -0.2) is 60.9 Å². The SMILES string of the molecule is CC(C)NC(=O)c1cnnc(-n2nc(C(F)(F)F)nc2Nc2ccc3c(c2)CCC(N2CCCC2)CC3)c1. The van der Waals surface area contributed by atoms with Gasteiger partial charge in [-0.2, -0.15) is 27.9 Å². The van der Waals surface area contributed by atoms with Crippen molar-refractivity contribution in [3.63, 3.8) is 0 Å². The van der Waals surface area contributed by atoms with Crippen LogP contribution in [0.25, 0.3) is 5.82 Å². The van der Waals surface area contributed by atoms with Crippen molar-refractivity contribution in [1.29, 1.82) is 0 Å². The van der Waals surface area contributed by atoms with Gasteiger partial charge >= 0.3 is 6.18 Å². The van der Waals surface area contributed by atoms with Gasteiger partial charge in [0.25, 0.3) is 11.7 Å². The van der Waals surface area contributed by atoms with Crippen molar-refractivity contribution >= 4 is 17.5 Å². The van der Waals surface area contributed by atoms with E-state index in [-0.39, 0.29) is 23.4 Å². The van der Waals surface area contributed by atoms with Crippen LogP contribution in [0.5, 0.6) is 0 Å². The molecular formula is C26H31F3N8O. The zero-order chi connectivity index (χ0) is 26.9. The molecule has 1 aromatic carbocycles. The summed E-state index contributed by atoms with van der Waals surface area (Å²) in [4.78, 5) is 18.7. The van der Waals surface area contributed by atoms with E-state index in [1.165, 1.54) is 36.2 Å². The number of hydrogen-bond donors (Lipinski definition) is 2. The number of nitrogens with one attached hydrogen (secondary N) is 2. The summed E-state index contributed by atoms with van der Waals surface area (Å²) in [5.74, 6) is -1.96. The Hall–Kier alpha value is -3.54. The normalized spacial score (nSPS) is 18.3. The lowest BCUT2D eigenvalue weighted by molar-refractivity contribution is -0.144. The summed E-state index contributed by atoms with van der Waals surface area (Å²) < 4.78 is 41.6. The molecule has 202 valence electrons. The summed E-state index contributed by atoms with van der Waals surface area (Å²) in [5.41, 5.74) is 3.21. The number of anilines is 2. The molecule has 1 unspecified atom stereocenters. The summed E-state index contributed by atoms with van der Waals surface area (Å²) in [6.07, 6.45) is 3.06. The Labute approximate surface area is 218 Å². The average Bonchev–Trinajstić information content (AvgIpc) is 3.51. The average molecular weight is 529 g/mol. The molecule has 2 aliphatic rings. The second-order valence-corrected chi connectivity index (χ2v) is 10.2. The van der Waals surface area contributed by atoms with E-state index in [0.717, 1.165) is 43.5 Å². The highest BCUT2D eigenvalue weighted by atomic mass is 19.4. The number of hydrogen-bond acceptors (Lipinski definition) is 7. The molecule has 12 heteroatoms. The number of aryl methyl sites for hydroxylation is 2. The fourth-order valence-electron chi connectivity index (χ4n) is 5.17. The smallest absolute Gasteiger partial charge is 0.350 e. The van der Waals surface area contributed by atoms with Crippen LogP contribution < -0.4 is 10.6 Å². The Morgan fingerprint density at radius 1 is 1.08 bits per heavy atom. The molecule has 9 nitrogen and oxygen atoms in total. The van der Waals surface area contributed by atoms with Crippen LogP contribution in [-0.2, 0) is 19.0 Å². The fourth-order valence-corrected chi connectivity index (χ4v) is 5.17. The lowest BCUT2D eigenvalue weighted by Crippen LogP contribution is -2.32. The number of aromatic nitrogens is 5. The molecule has 1 saturated heterocycles. The van der Waals surface area contributed by atoms with Crippen LogP contribution >= 0.6 is 0 Å². The zero-order valence-corrected chi connectivity index (χ0v) is 21.4. The summed E-state index contributed by atoms with van der Waals surface area (Å²) in [6.45, 7) is 5.92. The number of carbonyl (C=O) groups is 1. The summed E-state index contributed by atoms with van der Waals surface area (Å²) in [5, 5.41) is 17.1. The van der Waals surface area contributed by atoms with Crippen molar-refractivity contribution in [2.75, 3.05) is 18.4 Å². The van der Waals surface area contributed by atoms with E-state index in [1.807, 2.05) is 18.2 Å². The molecule has 1 atom stereocenters. The Bertz CT molecular complexity index is 1300. The number of fused-ring (bicyclic) bond motifs is 1. The van der Waals surface area contributed by atoms with Crippen molar-refractivity contribution in [2.45, 2.75) is 70.6 Å². The second kappa shape index (κ2) is 10.7. The third-order valence-electron chi connectivity index (χ3n) is 7.01. The minimum atomic E-state index is -4.76. The Morgan fingerprint density at radius 2 is 1.82 bits per heavy atom. The molecule has 2 N–H and O–H groups in total. The highest BCUT2D eigenvalue weighted by molar-refractivity contribution is 5.94. The topological polar surface area (TPSA) is 101 Å². The van der Waals surface area contributed by atoms with E-state index < -0.39 is 17.9 Å². The molecule has 3 aromatic rings. The lowest BCUT2D eigenvalue weighted by Gasteiger charge is -2.25. The van der Waals surface area contributed by atoms with Crippen molar-refractivity contribution in [2.24, 2.45) is 0 Å². The van der Waals surface area contributed by atoms with Crippen LogP contribution in [0.4, 0.5) is 24.8 Å². The molecule has 5 rings (SSSR count). The molecule has 38 heavy (non-hydrogen) atoms. The minimum absolute atomic E-state index is 0.0601. The molecule has 1 fully saturated rings. The number of likely N-dealkylation sites (tertiary alicyclic amines) is 1. The van der Waals surface area contributed by atoms with Crippen LogP contribution in [0, 0.1) is 0 Å². The van der Waals surface area contributed by atoms with Gasteiger partial charge in [-0.05, 0) is 94.8 Å². The van der Waals surface area contributed by atoms with Gasteiger partial charge in [-0.3, -0.25) is 4.79 Å². The number of amides is 1. The standard InChI is InChI=1S/C26H31F3N8O/c1-16(2)31-23(38)19-14-22(34-30-15-19)37-25(33-24(35-37)26(27,28)29)32-20-8-5-17-6-9-21(10-7-18(17)13-20)36-11-3-4-12-36/h5,8,13-16,21H,3-4,6-7,9-12H2,1-2H3,(H,31,38)(H,32,33,35). The Balaban J connectivity index is 1.42. The van der Waals surface area contributed by atoms with Gasteiger partial charge in [0.2, 0.25) is 5.95 Å². The van der Waals surface area contributed by atoms with Crippen LogP contribution in [0.3, 0.4) is 0 Å². The first-order valence-corrected chi connectivity index (χ1v) is 13.0.